The highest BCUT2D eigenvalue weighted by Crippen LogP contribution is 2.38. The van der Waals surface area contributed by atoms with Gasteiger partial charge in [0.05, 0.1) is 42.3 Å². The number of H-pyrrole nitrogens is 1. The van der Waals surface area contributed by atoms with Crippen molar-refractivity contribution in [2.75, 3.05) is 51.3 Å². The number of carbonyl (C=O) groups excluding carboxylic acids is 2. The van der Waals surface area contributed by atoms with E-state index in [9.17, 15) is 14.0 Å². The zero-order valence-electron chi connectivity index (χ0n) is 30.3. The first kappa shape index (κ1) is 35.6. The number of methoxy groups -OCH3 is 1. The summed E-state index contributed by atoms with van der Waals surface area (Å²) in [6.45, 7) is 12.2. The van der Waals surface area contributed by atoms with Gasteiger partial charge in [-0.2, -0.15) is 0 Å². The fourth-order valence-electron chi connectivity index (χ4n) is 6.89. The number of hydrogen-bond donors (Lipinski definition) is 1. The van der Waals surface area contributed by atoms with Crippen LogP contribution in [0, 0.1) is 18.6 Å². The zero-order chi connectivity index (χ0) is 36.9. The molecule has 0 aliphatic carbocycles. The summed E-state index contributed by atoms with van der Waals surface area (Å²) in [4.78, 5) is 40.1. The van der Waals surface area contributed by atoms with Crippen molar-refractivity contribution in [1.29, 1.82) is 0 Å². The Hall–Kier alpha value is -4.83. The number of ether oxygens (including phenoxy) is 1. The molecule has 3 aromatic heterocycles. The maximum absolute atomic E-state index is 16.7. The van der Waals surface area contributed by atoms with Crippen LogP contribution in [0.4, 0.5) is 14.6 Å². The van der Waals surface area contributed by atoms with E-state index in [-0.39, 0.29) is 41.7 Å². The number of hydrogen-bond acceptors (Lipinski definition) is 9. The largest absolute Gasteiger partial charge is 0.495 e. The average molecular weight is 717 g/mol. The quantitative estimate of drug-likeness (QED) is 0.271. The number of aryl methyl sites for hydroxylation is 2. The number of pyridine rings is 1. The third-order valence-corrected chi connectivity index (χ3v) is 10.7. The Labute approximate surface area is 301 Å². The van der Waals surface area contributed by atoms with Gasteiger partial charge >= 0.3 is 7.12 Å². The number of nitrogens with zero attached hydrogens (tertiary/aromatic N) is 7. The van der Waals surface area contributed by atoms with E-state index >= 15 is 4.39 Å². The number of carbonyl (C=O) groups is 2. The topological polar surface area (TPSA) is 131 Å². The normalized spacial score (nSPS) is 18.7. The second-order valence-corrected chi connectivity index (χ2v) is 14.5. The number of piperazine rings is 1. The molecule has 7 rings (SSSR count). The predicted octanol–water partition coefficient (Wildman–Crippen LogP) is 3.72. The number of aromatic nitrogens is 5. The van der Waals surface area contributed by atoms with Gasteiger partial charge in [0.1, 0.15) is 11.5 Å². The van der Waals surface area contributed by atoms with E-state index in [0.29, 0.717) is 79.2 Å². The zero-order valence-corrected chi connectivity index (χ0v) is 30.3. The van der Waals surface area contributed by atoms with Crippen LogP contribution in [-0.4, -0.2) is 111 Å². The standard InChI is InChI=1S/C36H43BF2N8O5/c1-22-27(38)20-29(50-6)33(41-22)44-14-16-45(17-15-44)34(49)28-19-25-26(37-51-35(2,3)36(4,5)52-37)18-24(31(39)32(25)42-28)23-8-7-11-46(21-23)30(48)9-12-47-13-10-40-43-47/h8,10,13,18-20,42H,7,9,11-12,14-17,21H2,1-6H3. The summed E-state index contributed by atoms with van der Waals surface area (Å²) in [5.74, 6) is -0.473. The molecular weight excluding hydrogens is 673 g/mol. The maximum Gasteiger partial charge on any atom is 0.495 e. The molecule has 0 saturated carbocycles. The molecule has 0 spiro atoms. The van der Waals surface area contributed by atoms with Crippen LogP contribution in [-0.2, 0) is 20.6 Å². The number of halogens is 2. The van der Waals surface area contributed by atoms with E-state index < -0.39 is 30.0 Å². The fourth-order valence-corrected chi connectivity index (χ4v) is 6.89. The van der Waals surface area contributed by atoms with Crippen molar-refractivity contribution in [1.82, 2.24) is 34.8 Å². The fraction of sp³-hybridized carbons (Fsp3) is 0.472. The first-order chi connectivity index (χ1) is 24.8. The summed E-state index contributed by atoms with van der Waals surface area (Å²) < 4.78 is 50.8. The highest BCUT2D eigenvalue weighted by molar-refractivity contribution is 6.65. The molecule has 4 aromatic rings. The summed E-state index contributed by atoms with van der Waals surface area (Å²) in [5.41, 5.74) is 0.899. The van der Waals surface area contributed by atoms with Gasteiger partial charge in [0.15, 0.2) is 17.4 Å². The molecule has 16 heteroatoms. The molecular formula is C36H43BF2N8O5. The van der Waals surface area contributed by atoms with Crippen LogP contribution < -0.4 is 15.1 Å². The first-order valence-corrected chi connectivity index (χ1v) is 17.5. The Balaban J connectivity index is 1.17. The molecule has 6 heterocycles. The number of benzene rings is 1. The molecule has 52 heavy (non-hydrogen) atoms. The lowest BCUT2D eigenvalue weighted by atomic mass is 9.75. The molecule has 2 saturated heterocycles. The van der Waals surface area contributed by atoms with E-state index in [4.69, 9.17) is 14.0 Å². The van der Waals surface area contributed by atoms with Crippen molar-refractivity contribution in [2.45, 2.75) is 65.2 Å². The minimum absolute atomic E-state index is 0.0644. The van der Waals surface area contributed by atoms with Gasteiger partial charge in [0.2, 0.25) is 5.91 Å². The number of amides is 2. The van der Waals surface area contributed by atoms with Crippen LogP contribution in [0.2, 0.25) is 0 Å². The number of nitrogens with one attached hydrogen (secondary N) is 1. The highest BCUT2D eigenvalue weighted by Gasteiger charge is 2.52. The minimum atomic E-state index is -0.833. The van der Waals surface area contributed by atoms with Gasteiger partial charge in [-0.25, -0.2) is 13.8 Å². The first-order valence-electron chi connectivity index (χ1n) is 17.5. The molecule has 3 aliphatic heterocycles. The third-order valence-electron chi connectivity index (χ3n) is 10.7. The van der Waals surface area contributed by atoms with Crippen molar-refractivity contribution in [3.63, 3.8) is 0 Å². The molecule has 2 fully saturated rings. The maximum atomic E-state index is 16.7. The van der Waals surface area contributed by atoms with Crippen molar-refractivity contribution < 1.29 is 32.4 Å². The predicted molar refractivity (Wildman–Crippen MR) is 191 cm³/mol. The molecule has 0 bridgehead atoms. The van der Waals surface area contributed by atoms with Gasteiger partial charge in [-0.05, 0) is 58.1 Å². The van der Waals surface area contributed by atoms with Crippen LogP contribution in [0.5, 0.6) is 5.75 Å². The molecule has 0 radical (unpaired) electrons. The second-order valence-electron chi connectivity index (χ2n) is 14.5. The van der Waals surface area contributed by atoms with E-state index in [2.05, 4.69) is 20.3 Å². The summed E-state index contributed by atoms with van der Waals surface area (Å²) in [6, 6.07) is 4.72. The van der Waals surface area contributed by atoms with Gasteiger partial charge in [-0.1, -0.05) is 17.4 Å². The minimum Gasteiger partial charge on any atom is -0.493 e. The van der Waals surface area contributed by atoms with Crippen molar-refractivity contribution >= 4 is 46.7 Å². The van der Waals surface area contributed by atoms with Gasteiger partial charge in [-0.15, -0.1) is 5.10 Å². The Morgan fingerprint density at radius 2 is 1.75 bits per heavy atom. The molecule has 274 valence electrons. The summed E-state index contributed by atoms with van der Waals surface area (Å²) >= 11 is 0. The third kappa shape index (κ3) is 6.53. The van der Waals surface area contributed by atoms with E-state index in [1.165, 1.54) is 13.2 Å². The van der Waals surface area contributed by atoms with Crippen molar-refractivity contribution in [3.8, 4) is 5.75 Å². The molecule has 1 N–H and O–H groups in total. The lowest BCUT2D eigenvalue weighted by Crippen LogP contribution is -2.49. The Morgan fingerprint density at radius 1 is 1.02 bits per heavy atom. The lowest BCUT2D eigenvalue weighted by molar-refractivity contribution is -0.131. The average Bonchev–Trinajstić information content (AvgIpc) is 3.86. The molecule has 13 nitrogen and oxygen atoms in total. The van der Waals surface area contributed by atoms with Crippen LogP contribution in [0.25, 0.3) is 16.5 Å². The van der Waals surface area contributed by atoms with Crippen LogP contribution in [0.3, 0.4) is 0 Å². The van der Waals surface area contributed by atoms with Crippen LogP contribution in [0.15, 0.2) is 36.7 Å². The molecule has 1 aromatic carbocycles. The molecule has 0 unspecified atom stereocenters. The highest BCUT2D eigenvalue weighted by atomic mass is 19.1. The summed E-state index contributed by atoms with van der Waals surface area (Å²) in [5, 5.41) is 8.21. The number of aromatic amines is 1. The molecule has 2 amide bonds. The van der Waals surface area contributed by atoms with Crippen LogP contribution in [0.1, 0.15) is 62.3 Å². The smallest absolute Gasteiger partial charge is 0.493 e. The van der Waals surface area contributed by atoms with E-state index in [0.717, 1.165) is 0 Å². The SMILES string of the molecule is COc1cc(F)c(C)nc1N1CCN(C(=O)c2cc3c(B4OC(C)(C)C(C)(C)O4)cc(C4=CCCN(C(=O)CCn5ccnn5)C4)c(F)c3[nH]2)CC1. The van der Waals surface area contributed by atoms with Crippen molar-refractivity contribution in [3.05, 3.63) is 65.3 Å². The van der Waals surface area contributed by atoms with E-state index in [1.54, 1.807) is 45.9 Å². The second kappa shape index (κ2) is 13.6. The Morgan fingerprint density at radius 3 is 2.42 bits per heavy atom. The van der Waals surface area contributed by atoms with Gasteiger partial charge in [-0.3, -0.25) is 14.3 Å². The summed E-state index contributed by atoms with van der Waals surface area (Å²) in [6.07, 6.45) is 6.03. The van der Waals surface area contributed by atoms with Gasteiger partial charge in [0.25, 0.3) is 5.91 Å². The van der Waals surface area contributed by atoms with Crippen LogP contribution >= 0.6 is 0 Å². The van der Waals surface area contributed by atoms with E-state index in [1.807, 2.05) is 38.7 Å². The van der Waals surface area contributed by atoms with Gasteiger partial charge < -0.3 is 33.7 Å². The Bertz CT molecular complexity index is 2030. The number of rotatable bonds is 8. The molecule has 3 aliphatic rings. The Kier molecular flexibility index (Phi) is 9.32. The lowest BCUT2D eigenvalue weighted by Gasteiger charge is -2.35. The van der Waals surface area contributed by atoms with Gasteiger partial charge in [0, 0.05) is 68.9 Å². The number of fused-ring (bicyclic) bond motifs is 1. The molecule has 0 atom stereocenters. The number of anilines is 1. The van der Waals surface area contributed by atoms with Crippen molar-refractivity contribution in [2.24, 2.45) is 0 Å². The summed E-state index contributed by atoms with van der Waals surface area (Å²) in [7, 11) is 0.635. The monoisotopic (exact) mass is 716 g/mol.